The number of benzene rings is 3. The minimum absolute atomic E-state index is 0.0290. The van der Waals surface area contributed by atoms with Crippen LogP contribution in [0.2, 0.25) is 0 Å². The maximum atomic E-state index is 12.8. The first-order valence-electron chi connectivity index (χ1n) is 9.41. The molecule has 4 rings (SSSR count). The Bertz CT molecular complexity index is 1070. The number of nitrogens with one attached hydrogen (secondary N) is 1. The smallest absolute Gasteiger partial charge is 0.255 e. The Morgan fingerprint density at radius 1 is 1.00 bits per heavy atom. The van der Waals surface area contributed by atoms with Crippen LogP contribution in [0.25, 0.3) is 0 Å². The fourth-order valence-corrected chi connectivity index (χ4v) is 3.26. The zero-order valence-corrected chi connectivity index (χ0v) is 16.3. The highest BCUT2D eigenvalue weighted by Gasteiger charge is 2.32. The van der Waals surface area contributed by atoms with E-state index < -0.39 is 5.60 Å². The lowest BCUT2D eigenvalue weighted by Crippen LogP contribution is -2.36. The maximum Gasteiger partial charge on any atom is 0.255 e. The predicted molar refractivity (Wildman–Crippen MR) is 111 cm³/mol. The summed E-state index contributed by atoms with van der Waals surface area (Å²) in [6.45, 7) is 3.75. The SMILES string of the molecule is CC1(C)CC(=O)c2cc(C(=O)Nc3ccccc3Oc3ccccc3)ccc2O1. The van der Waals surface area contributed by atoms with Gasteiger partial charge in [-0.2, -0.15) is 0 Å². The second-order valence-electron chi connectivity index (χ2n) is 7.54. The first-order valence-corrected chi connectivity index (χ1v) is 9.41. The van der Waals surface area contributed by atoms with Crippen LogP contribution in [0.3, 0.4) is 0 Å². The zero-order chi connectivity index (χ0) is 20.4. The molecule has 146 valence electrons. The van der Waals surface area contributed by atoms with Crippen LogP contribution in [0.5, 0.6) is 17.2 Å². The van der Waals surface area contributed by atoms with Crippen molar-refractivity contribution in [3.8, 4) is 17.2 Å². The Labute approximate surface area is 169 Å². The molecular weight excluding hydrogens is 366 g/mol. The van der Waals surface area contributed by atoms with Gasteiger partial charge in [0.1, 0.15) is 17.1 Å². The summed E-state index contributed by atoms with van der Waals surface area (Å²) in [5.74, 6) is 1.36. The molecule has 1 heterocycles. The average Bonchev–Trinajstić information content (AvgIpc) is 2.69. The minimum atomic E-state index is -0.540. The van der Waals surface area contributed by atoms with Crippen molar-refractivity contribution in [2.45, 2.75) is 25.9 Å². The molecule has 0 saturated heterocycles. The molecule has 1 amide bonds. The third kappa shape index (κ3) is 4.14. The molecule has 0 aliphatic carbocycles. The van der Waals surface area contributed by atoms with Gasteiger partial charge in [0.2, 0.25) is 0 Å². The lowest BCUT2D eigenvalue weighted by molar-refractivity contribution is 0.0620. The summed E-state index contributed by atoms with van der Waals surface area (Å²) in [5.41, 5.74) is 0.824. The van der Waals surface area contributed by atoms with Crippen molar-refractivity contribution in [2.24, 2.45) is 0 Å². The van der Waals surface area contributed by atoms with Crippen molar-refractivity contribution >= 4 is 17.4 Å². The van der Waals surface area contributed by atoms with E-state index in [-0.39, 0.29) is 18.1 Å². The van der Waals surface area contributed by atoms with Crippen molar-refractivity contribution in [1.82, 2.24) is 0 Å². The summed E-state index contributed by atoms with van der Waals surface area (Å²) in [6, 6.07) is 21.5. The molecule has 5 heteroatoms. The Kier molecular flexibility index (Phi) is 4.80. The predicted octanol–water partition coefficient (Wildman–Crippen LogP) is 5.48. The maximum absolute atomic E-state index is 12.8. The Balaban J connectivity index is 1.57. The minimum Gasteiger partial charge on any atom is -0.487 e. The number of anilines is 1. The van der Waals surface area contributed by atoms with Gasteiger partial charge in [-0.3, -0.25) is 9.59 Å². The van der Waals surface area contributed by atoms with Gasteiger partial charge in [0.25, 0.3) is 5.91 Å². The van der Waals surface area contributed by atoms with Gasteiger partial charge in [-0.25, -0.2) is 0 Å². The number of rotatable bonds is 4. The third-order valence-electron chi connectivity index (χ3n) is 4.62. The number of para-hydroxylation sites is 3. The number of fused-ring (bicyclic) bond motifs is 1. The molecule has 3 aromatic carbocycles. The first kappa shape index (κ1) is 18.7. The highest BCUT2D eigenvalue weighted by Crippen LogP contribution is 2.34. The molecule has 5 nitrogen and oxygen atoms in total. The molecule has 29 heavy (non-hydrogen) atoms. The van der Waals surface area contributed by atoms with Gasteiger partial charge in [0, 0.05) is 5.56 Å². The first-order chi connectivity index (χ1) is 13.9. The highest BCUT2D eigenvalue weighted by molar-refractivity contribution is 6.08. The van der Waals surface area contributed by atoms with Crippen molar-refractivity contribution in [1.29, 1.82) is 0 Å². The molecule has 3 aromatic rings. The summed E-state index contributed by atoms with van der Waals surface area (Å²) in [7, 11) is 0. The molecule has 0 unspecified atom stereocenters. The van der Waals surface area contributed by atoms with Gasteiger partial charge < -0.3 is 14.8 Å². The second kappa shape index (κ2) is 7.43. The fourth-order valence-electron chi connectivity index (χ4n) is 3.26. The number of Topliss-reactive ketones (excluding diaryl/α,β-unsaturated/α-hetero) is 1. The van der Waals surface area contributed by atoms with Crippen LogP contribution < -0.4 is 14.8 Å². The van der Waals surface area contributed by atoms with E-state index >= 15 is 0 Å². The van der Waals surface area contributed by atoms with Gasteiger partial charge in [-0.1, -0.05) is 30.3 Å². The van der Waals surface area contributed by atoms with Crippen LogP contribution in [0.4, 0.5) is 5.69 Å². The number of amides is 1. The molecule has 0 spiro atoms. The number of ketones is 1. The van der Waals surface area contributed by atoms with E-state index in [1.165, 1.54) is 0 Å². The number of ether oxygens (including phenoxy) is 2. The lowest BCUT2D eigenvalue weighted by atomic mass is 9.92. The van der Waals surface area contributed by atoms with Crippen LogP contribution in [0.1, 0.15) is 41.0 Å². The zero-order valence-electron chi connectivity index (χ0n) is 16.3. The van der Waals surface area contributed by atoms with Gasteiger partial charge in [0.15, 0.2) is 11.5 Å². The quantitative estimate of drug-likeness (QED) is 0.644. The number of carbonyl (C=O) groups excluding carboxylic acids is 2. The Morgan fingerprint density at radius 2 is 1.72 bits per heavy atom. The topological polar surface area (TPSA) is 64.6 Å². The normalized spacial score (nSPS) is 14.5. The molecule has 1 aliphatic heterocycles. The number of hydrogen-bond donors (Lipinski definition) is 1. The fraction of sp³-hybridized carbons (Fsp3) is 0.167. The molecule has 0 saturated carbocycles. The summed E-state index contributed by atoms with van der Waals surface area (Å²) in [5, 5.41) is 2.87. The molecule has 0 radical (unpaired) electrons. The molecule has 0 fully saturated rings. The summed E-state index contributed by atoms with van der Waals surface area (Å²) in [4.78, 5) is 25.3. The van der Waals surface area contributed by atoms with Crippen LogP contribution in [-0.4, -0.2) is 17.3 Å². The number of carbonyl (C=O) groups is 2. The standard InChI is InChI=1S/C24H21NO4/c1-24(2)15-20(26)18-14-16(12-13-21(18)29-24)23(27)25-19-10-6-7-11-22(19)28-17-8-4-3-5-9-17/h3-14H,15H2,1-2H3,(H,25,27). The van der Waals surface area contributed by atoms with Crippen molar-refractivity contribution in [3.63, 3.8) is 0 Å². The van der Waals surface area contributed by atoms with E-state index in [0.29, 0.717) is 34.1 Å². The summed E-state index contributed by atoms with van der Waals surface area (Å²) >= 11 is 0. The van der Waals surface area contributed by atoms with Crippen molar-refractivity contribution in [2.75, 3.05) is 5.32 Å². The van der Waals surface area contributed by atoms with E-state index in [4.69, 9.17) is 9.47 Å². The van der Waals surface area contributed by atoms with Gasteiger partial charge in [-0.05, 0) is 56.3 Å². The van der Waals surface area contributed by atoms with Gasteiger partial charge in [0.05, 0.1) is 17.7 Å². The second-order valence-corrected chi connectivity index (χ2v) is 7.54. The van der Waals surface area contributed by atoms with E-state index in [2.05, 4.69) is 5.32 Å². The average molecular weight is 387 g/mol. The monoisotopic (exact) mass is 387 g/mol. The molecule has 0 atom stereocenters. The Hall–Kier alpha value is -3.60. The van der Waals surface area contributed by atoms with E-state index in [1.54, 1.807) is 30.3 Å². The molecule has 1 aliphatic rings. The van der Waals surface area contributed by atoms with E-state index in [9.17, 15) is 9.59 Å². The van der Waals surface area contributed by atoms with Crippen LogP contribution in [-0.2, 0) is 0 Å². The molecule has 0 bridgehead atoms. The molecule has 1 N–H and O–H groups in total. The van der Waals surface area contributed by atoms with E-state index in [1.807, 2.05) is 56.3 Å². The third-order valence-corrected chi connectivity index (χ3v) is 4.62. The number of hydrogen-bond acceptors (Lipinski definition) is 4. The van der Waals surface area contributed by atoms with E-state index in [0.717, 1.165) is 0 Å². The lowest BCUT2D eigenvalue weighted by Gasteiger charge is -2.31. The Morgan fingerprint density at radius 3 is 2.52 bits per heavy atom. The van der Waals surface area contributed by atoms with Crippen molar-refractivity contribution < 1.29 is 19.1 Å². The van der Waals surface area contributed by atoms with Crippen molar-refractivity contribution in [3.05, 3.63) is 83.9 Å². The van der Waals surface area contributed by atoms with Gasteiger partial charge in [-0.15, -0.1) is 0 Å². The van der Waals surface area contributed by atoms with Crippen LogP contribution >= 0.6 is 0 Å². The largest absolute Gasteiger partial charge is 0.487 e. The summed E-state index contributed by atoms with van der Waals surface area (Å²) < 4.78 is 11.7. The molecular formula is C24H21NO4. The van der Waals surface area contributed by atoms with Crippen LogP contribution in [0.15, 0.2) is 72.8 Å². The molecule has 0 aromatic heterocycles. The summed E-state index contributed by atoms with van der Waals surface area (Å²) in [6.07, 6.45) is 0.277. The highest BCUT2D eigenvalue weighted by atomic mass is 16.5. The van der Waals surface area contributed by atoms with Gasteiger partial charge >= 0.3 is 0 Å². The van der Waals surface area contributed by atoms with Crippen LogP contribution in [0, 0.1) is 0 Å².